The van der Waals surface area contributed by atoms with Gasteiger partial charge in [0.1, 0.15) is 5.83 Å². The van der Waals surface area contributed by atoms with Gasteiger partial charge in [-0.15, -0.1) is 0 Å². The molecular formula is C21H25ClFNS. The first-order valence-electron chi connectivity index (χ1n) is 7.94. The molecule has 0 bridgehead atoms. The highest BCUT2D eigenvalue weighted by molar-refractivity contribution is 7.97. The van der Waals surface area contributed by atoms with Crippen molar-refractivity contribution in [2.24, 2.45) is 0 Å². The number of allylic oxidation sites excluding steroid dienone is 6. The molecule has 0 aliphatic rings. The van der Waals surface area contributed by atoms with E-state index in [-0.39, 0.29) is 5.83 Å². The summed E-state index contributed by atoms with van der Waals surface area (Å²) in [6, 6.07) is 3.85. The topological polar surface area (TPSA) is 12.0 Å². The van der Waals surface area contributed by atoms with Gasteiger partial charge in [-0.05, 0) is 79.6 Å². The molecule has 1 N–H and O–H groups in total. The van der Waals surface area contributed by atoms with Crippen molar-refractivity contribution in [3.63, 3.8) is 0 Å². The lowest BCUT2D eigenvalue weighted by molar-refractivity contribution is 0.627. The molecule has 4 heteroatoms. The van der Waals surface area contributed by atoms with E-state index in [1.54, 1.807) is 6.08 Å². The van der Waals surface area contributed by atoms with Crippen molar-refractivity contribution in [2.75, 3.05) is 6.54 Å². The fraction of sp³-hybridized carbons (Fsp3) is 0.238. The highest BCUT2D eigenvalue weighted by atomic mass is 35.5. The zero-order chi connectivity index (χ0) is 19.0. The molecule has 0 unspecified atom stereocenters. The number of aryl methyl sites for hydroxylation is 1. The van der Waals surface area contributed by atoms with Gasteiger partial charge in [0.2, 0.25) is 0 Å². The summed E-state index contributed by atoms with van der Waals surface area (Å²) in [4.78, 5) is 1.04. The van der Waals surface area contributed by atoms with Crippen LogP contribution in [0.2, 0.25) is 5.02 Å². The summed E-state index contributed by atoms with van der Waals surface area (Å²) in [5.74, 6) is -0.216. The molecule has 0 aromatic heterocycles. The Labute approximate surface area is 160 Å². The normalized spacial score (nSPS) is 13.1. The van der Waals surface area contributed by atoms with Gasteiger partial charge in [-0.1, -0.05) is 49.1 Å². The summed E-state index contributed by atoms with van der Waals surface area (Å²) < 4.78 is 17.1. The Kier molecular flexibility index (Phi) is 8.98. The molecule has 0 atom stereocenters. The number of halogens is 2. The fourth-order valence-corrected chi connectivity index (χ4v) is 3.24. The molecule has 0 fully saturated rings. The second-order valence-electron chi connectivity index (χ2n) is 5.78. The summed E-state index contributed by atoms with van der Waals surface area (Å²) in [6.07, 6.45) is 7.16. The van der Waals surface area contributed by atoms with E-state index in [1.807, 2.05) is 51.1 Å². The van der Waals surface area contributed by atoms with Crippen LogP contribution >= 0.6 is 23.5 Å². The summed E-state index contributed by atoms with van der Waals surface area (Å²) in [5, 5.41) is 0.700. The van der Waals surface area contributed by atoms with Gasteiger partial charge in [-0.3, -0.25) is 4.72 Å². The average Bonchev–Trinajstić information content (AvgIpc) is 2.55. The van der Waals surface area contributed by atoms with Crippen LogP contribution in [0.15, 0.2) is 77.0 Å². The average molecular weight is 378 g/mol. The number of rotatable bonds is 8. The van der Waals surface area contributed by atoms with Crippen molar-refractivity contribution < 1.29 is 4.39 Å². The molecule has 25 heavy (non-hydrogen) atoms. The SMILES string of the molecule is C=C/C=C\C(=C)/C(C)=C/C(CNSc1cc(Cl)cc(C)c1C)=C(\C)F. The van der Waals surface area contributed by atoms with Gasteiger partial charge in [0.05, 0.1) is 0 Å². The van der Waals surface area contributed by atoms with Crippen LogP contribution in [-0.2, 0) is 0 Å². The monoisotopic (exact) mass is 377 g/mol. The van der Waals surface area contributed by atoms with Gasteiger partial charge in [-0.2, -0.15) is 0 Å². The van der Waals surface area contributed by atoms with E-state index in [4.69, 9.17) is 11.6 Å². The molecular weight excluding hydrogens is 353 g/mol. The highest BCUT2D eigenvalue weighted by Gasteiger charge is 2.06. The minimum Gasteiger partial charge on any atom is -0.255 e. The minimum absolute atomic E-state index is 0.216. The summed E-state index contributed by atoms with van der Waals surface area (Å²) >= 11 is 7.57. The van der Waals surface area contributed by atoms with E-state index in [0.717, 1.165) is 21.6 Å². The molecule has 0 spiro atoms. The molecule has 1 aromatic rings. The number of hydrogen-bond acceptors (Lipinski definition) is 2. The zero-order valence-corrected chi connectivity index (χ0v) is 16.8. The highest BCUT2D eigenvalue weighted by Crippen LogP contribution is 2.27. The molecule has 0 saturated carbocycles. The fourth-order valence-electron chi connectivity index (χ4n) is 2.02. The van der Waals surface area contributed by atoms with E-state index < -0.39 is 0 Å². The van der Waals surface area contributed by atoms with Crippen LogP contribution in [0.25, 0.3) is 0 Å². The van der Waals surface area contributed by atoms with E-state index in [0.29, 0.717) is 17.1 Å². The molecule has 0 heterocycles. The first kappa shape index (κ1) is 21.5. The Morgan fingerprint density at radius 3 is 2.60 bits per heavy atom. The van der Waals surface area contributed by atoms with Gasteiger partial charge in [0, 0.05) is 16.5 Å². The van der Waals surface area contributed by atoms with Gasteiger partial charge >= 0.3 is 0 Å². The molecule has 1 rings (SSSR count). The lowest BCUT2D eigenvalue weighted by Gasteiger charge is -2.11. The Balaban J connectivity index is 2.82. The second kappa shape index (κ2) is 10.4. The van der Waals surface area contributed by atoms with Crippen LogP contribution in [0.3, 0.4) is 0 Å². The van der Waals surface area contributed by atoms with Crippen LogP contribution in [0, 0.1) is 13.8 Å². The third-order valence-electron chi connectivity index (χ3n) is 3.80. The second-order valence-corrected chi connectivity index (χ2v) is 7.14. The van der Waals surface area contributed by atoms with Crippen LogP contribution in [0.1, 0.15) is 25.0 Å². The number of nitrogens with one attached hydrogen (secondary N) is 1. The number of benzene rings is 1. The van der Waals surface area contributed by atoms with E-state index >= 15 is 0 Å². The molecule has 0 amide bonds. The number of hydrogen-bond donors (Lipinski definition) is 1. The zero-order valence-electron chi connectivity index (χ0n) is 15.2. The summed E-state index contributed by atoms with van der Waals surface area (Å²) in [7, 11) is 0. The minimum atomic E-state index is -0.216. The Morgan fingerprint density at radius 2 is 2.00 bits per heavy atom. The standard InChI is InChI=1S/C21H25ClFNS/c1-7-8-9-14(2)15(3)10-19(18(6)23)13-24-25-21-12-20(22)11-16(4)17(21)5/h7-12,24H,1-2,13H2,3-6H3/b9-8-,15-10+,19-18-. The lowest BCUT2D eigenvalue weighted by atomic mass is 10.1. The lowest BCUT2D eigenvalue weighted by Crippen LogP contribution is -2.09. The summed E-state index contributed by atoms with van der Waals surface area (Å²) in [5.41, 5.74) is 4.63. The maximum Gasteiger partial charge on any atom is 0.101 e. The predicted octanol–water partition coefficient (Wildman–Crippen LogP) is 7.04. The van der Waals surface area contributed by atoms with Crippen molar-refractivity contribution in [3.05, 3.63) is 88.3 Å². The predicted molar refractivity (Wildman–Crippen MR) is 111 cm³/mol. The maximum absolute atomic E-state index is 13.9. The Morgan fingerprint density at radius 1 is 1.32 bits per heavy atom. The third-order valence-corrected chi connectivity index (χ3v) is 4.95. The van der Waals surface area contributed by atoms with Gasteiger partial charge in [0.25, 0.3) is 0 Å². The molecule has 1 aromatic carbocycles. The first-order chi connectivity index (χ1) is 11.8. The smallest absolute Gasteiger partial charge is 0.101 e. The Hall–Kier alpha value is -1.55. The molecule has 134 valence electrons. The molecule has 0 aliphatic carbocycles. The van der Waals surface area contributed by atoms with Crippen LogP contribution in [-0.4, -0.2) is 6.54 Å². The Bertz CT molecular complexity index is 741. The van der Waals surface area contributed by atoms with Crippen LogP contribution in [0.5, 0.6) is 0 Å². The van der Waals surface area contributed by atoms with E-state index in [1.165, 1.54) is 24.4 Å². The van der Waals surface area contributed by atoms with Crippen molar-refractivity contribution in [1.82, 2.24) is 4.72 Å². The van der Waals surface area contributed by atoms with Crippen molar-refractivity contribution >= 4 is 23.5 Å². The van der Waals surface area contributed by atoms with Crippen molar-refractivity contribution in [2.45, 2.75) is 32.6 Å². The van der Waals surface area contributed by atoms with Gasteiger partial charge < -0.3 is 0 Å². The third kappa shape index (κ3) is 7.07. The molecule has 0 saturated heterocycles. The summed E-state index contributed by atoms with van der Waals surface area (Å²) in [6.45, 7) is 15.4. The van der Waals surface area contributed by atoms with Gasteiger partial charge in [-0.25, -0.2) is 4.39 Å². The maximum atomic E-state index is 13.9. The van der Waals surface area contributed by atoms with E-state index in [2.05, 4.69) is 17.9 Å². The largest absolute Gasteiger partial charge is 0.255 e. The first-order valence-corrected chi connectivity index (χ1v) is 9.14. The van der Waals surface area contributed by atoms with E-state index in [9.17, 15) is 4.39 Å². The van der Waals surface area contributed by atoms with Gasteiger partial charge in [0.15, 0.2) is 0 Å². The van der Waals surface area contributed by atoms with Crippen LogP contribution < -0.4 is 4.72 Å². The molecule has 1 nitrogen and oxygen atoms in total. The van der Waals surface area contributed by atoms with Crippen molar-refractivity contribution in [3.8, 4) is 0 Å². The van der Waals surface area contributed by atoms with Crippen molar-refractivity contribution in [1.29, 1.82) is 0 Å². The molecule has 0 radical (unpaired) electrons. The quantitative estimate of drug-likeness (QED) is 0.385. The molecule has 0 aliphatic heterocycles. The van der Waals surface area contributed by atoms with Crippen LogP contribution in [0.4, 0.5) is 4.39 Å².